The maximum atomic E-state index is 12.5. The SMILES string of the molecule is C[C@@H](Oc1cc(Cl)cnc1N)c1cccc(NC(=O)c2cccc(S(=O)O)c2)c1. The maximum Gasteiger partial charge on any atom is 0.255 e. The predicted octanol–water partition coefficient (Wildman–Crippen LogP) is 4.29. The number of ether oxygens (including phenoxy) is 1. The molecule has 0 aliphatic heterocycles. The van der Waals surface area contributed by atoms with E-state index in [-0.39, 0.29) is 22.4 Å². The molecule has 0 radical (unpaired) electrons. The summed E-state index contributed by atoms with van der Waals surface area (Å²) in [6.07, 6.45) is 1.06. The topological polar surface area (TPSA) is 115 Å². The molecule has 0 bridgehead atoms. The number of pyridine rings is 1. The van der Waals surface area contributed by atoms with E-state index in [1.165, 1.54) is 18.3 Å². The molecule has 2 aromatic carbocycles. The normalized spacial score (nSPS) is 12.8. The molecule has 1 amide bonds. The van der Waals surface area contributed by atoms with Crippen LogP contribution in [0.5, 0.6) is 5.75 Å². The third-order valence-electron chi connectivity index (χ3n) is 4.06. The molecule has 0 aliphatic carbocycles. The minimum atomic E-state index is -2.16. The van der Waals surface area contributed by atoms with Crippen LogP contribution in [0.4, 0.5) is 11.5 Å². The molecular formula is C20H18ClN3O4S. The molecule has 7 nitrogen and oxygen atoms in total. The molecule has 0 saturated carbocycles. The van der Waals surface area contributed by atoms with E-state index in [1.807, 2.05) is 13.0 Å². The van der Waals surface area contributed by atoms with Gasteiger partial charge < -0.3 is 20.3 Å². The fraction of sp³-hybridized carbons (Fsp3) is 0.100. The summed E-state index contributed by atoms with van der Waals surface area (Å²) in [5.41, 5.74) is 7.44. The molecule has 4 N–H and O–H groups in total. The molecule has 29 heavy (non-hydrogen) atoms. The predicted molar refractivity (Wildman–Crippen MR) is 113 cm³/mol. The number of hydrogen-bond donors (Lipinski definition) is 3. The average molecular weight is 432 g/mol. The van der Waals surface area contributed by atoms with Gasteiger partial charge in [0.1, 0.15) is 6.10 Å². The highest BCUT2D eigenvalue weighted by Gasteiger charge is 2.13. The molecule has 1 unspecified atom stereocenters. The van der Waals surface area contributed by atoms with Gasteiger partial charge in [-0.25, -0.2) is 9.19 Å². The summed E-state index contributed by atoms with van der Waals surface area (Å²) in [4.78, 5) is 16.6. The van der Waals surface area contributed by atoms with Gasteiger partial charge in [0.2, 0.25) is 0 Å². The highest BCUT2D eigenvalue weighted by molar-refractivity contribution is 7.79. The maximum absolute atomic E-state index is 12.5. The van der Waals surface area contributed by atoms with Crippen LogP contribution in [-0.2, 0) is 11.1 Å². The molecule has 1 heterocycles. The third kappa shape index (κ3) is 5.32. The van der Waals surface area contributed by atoms with Crippen molar-refractivity contribution < 1.29 is 18.3 Å². The van der Waals surface area contributed by atoms with Crippen molar-refractivity contribution in [3.05, 3.63) is 76.9 Å². The van der Waals surface area contributed by atoms with Crippen LogP contribution in [-0.4, -0.2) is 19.7 Å². The zero-order chi connectivity index (χ0) is 21.0. The van der Waals surface area contributed by atoms with Gasteiger partial charge in [-0.2, -0.15) is 0 Å². The number of carbonyl (C=O) groups excluding carboxylic acids is 1. The zero-order valence-corrected chi connectivity index (χ0v) is 16.9. The monoisotopic (exact) mass is 431 g/mol. The number of benzene rings is 2. The summed E-state index contributed by atoms with van der Waals surface area (Å²) in [6.45, 7) is 1.83. The largest absolute Gasteiger partial charge is 0.482 e. The van der Waals surface area contributed by atoms with E-state index < -0.39 is 17.0 Å². The lowest BCUT2D eigenvalue weighted by atomic mass is 10.1. The van der Waals surface area contributed by atoms with Crippen LogP contribution < -0.4 is 15.8 Å². The van der Waals surface area contributed by atoms with Crippen molar-refractivity contribution >= 4 is 40.1 Å². The summed E-state index contributed by atoms with van der Waals surface area (Å²) in [6, 6.07) is 14.7. The number of halogens is 1. The number of carbonyl (C=O) groups is 1. The quantitative estimate of drug-likeness (QED) is 0.501. The Kier molecular flexibility index (Phi) is 6.48. The molecule has 9 heteroatoms. The Hall–Kier alpha value is -2.94. The van der Waals surface area contributed by atoms with Gasteiger partial charge >= 0.3 is 0 Å². The Balaban J connectivity index is 1.75. The molecular weight excluding hydrogens is 414 g/mol. The van der Waals surface area contributed by atoms with Gasteiger partial charge in [-0.3, -0.25) is 4.79 Å². The molecule has 150 valence electrons. The van der Waals surface area contributed by atoms with Gasteiger partial charge in [0.25, 0.3) is 5.91 Å². The second kappa shape index (κ2) is 9.04. The first-order valence-corrected chi connectivity index (χ1v) is 10.0. The lowest BCUT2D eigenvalue weighted by Crippen LogP contribution is -2.13. The van der Waals surface area contributed by atoms with Crippen molar-refractivity contribution in [2.45, 2.75) is 17.9 Å². The molecule has 3 rings (SSSR count). The van der Waals surface area contributed by atoms with Gasteiger partial charge in [-0.05, 0) is 42.8 Å². The molecule has 0 saturated heterocycles. The Morgan fingerprint density at radius 2 is 2.00 bits per heavy atom. The second-order valence-corrected chi connectivity index (χ2v) is 7.56. The summed E-state index contributed by atoms with van der Waals surface area (Å²) in [7, 11) is 0. The number of nitrogens with one attached hydrogen (secondary N) is 1. The summed E-state index contributed by atoms with van der Waals surface area (Å²) in [5.74, 6) is 0.200. The summed E-state index contributed by atoms with van der Waals surface area (Å²) >= 11 is 3.78. The fourth-order valence-corrected chi connectivity index (χ4v) is 3.17. The number of aromatic nitrogens is 1. The Labute approximate surface area is 175 Å². The highest BCUT2D eigenvalue weighted by Crippen LogP contribution is 2.29. The number of hydrogen-bond acceptors (Lipinski definition) is 5. The van der Waals surface area contributed by atoms with Gasteiger partial charge in [0.05, 0.1) is 9.92 Å². The minimum absolute atomic E-state index is 0.154. The lowest BCUT2D eigenvalue weighted by Gasteiger charge is -2.17. The average Bonchev–Trinajstić information content (AvgIpc) is 2.71. The molecule has 3 aromatic rings. The van der Waals surface area contributed by atoms with Crippen LogP contribution in [0.1, 0.15) is 28.9 Å². The van der Waals surface area contributed by atoms with Crippen molar-refractivity contribution in [3.8, 4) is 5.75 Å². The van der Waals surface area contributed by atoms with Crippen molar-refractivity contribution in [3.63, 3.8) is 0 Å². The summed E-state index contributed by atoms with van der Waals surface area (Å²) < 4.78 is 26.2. The van der Waals surface area contributed by atoms with E-state index in [0.717, 1.165) is 5.56 Å². The van der Waals surface area contributed by atoms with Crippen molar-refractivity contribution in [2.75, 3.05) is 11.1 Å². The molecule has 0 aliphatic rings. The van der Waals surface area contributed by atoms with Crippen LogP contribution in [0.3, 0.4) is 0 Å². The second-order valence-electron chi connectivity index (χ2n) is 6.15. The van der Waals surface area contributed by atoms with Gasteiger partial charge in [0.15, 0.2) is 22.6 Å². The fourth-order valence-electron chi connectivity index (χ4n) is 2.60. The van der Waals surface area contributed by atoms with Gasteiger partial charge in [-0.1, -0.05) is 29.8 Å². The minimum Gasteiger partial charge on any atom is -0.482 e. The standard InChI is InChI=1S/C20H18ClN3O4S/c1-12(28-18-10-15(21)11-23-19(18)22)13-4-2-6-16(8-13)24-20(25)14-5-3-7-17(9-14)29(26)27/h2-12H,1H3,(H2,22,23)(H,24,25)(H,26,27)/t12-/m1/s1. The van der Waals surface area contributed by atoms with Crippen LogP contribution in [0.15, 0.2) is 65.7 Å². The van der Waals surface area contributed by atoms with Crippen LogP contribution in [0.25, 0.3) is 0 Å². The number of nitrogens with two attached hydrogens (primary N) is 1. The van der Waals surface area contributed by atoms with Crippen molar-refractivity contribution in [2.24, 2.45) is 0 Å². The van der Waals surface area contributed by atoms with E-state index in [9.17, 15) is 13.6 Å². The van der Waals surface area contributed by atoms with Crippen LogP contribution in [0.2, 0.25) is 5.02 Å². The number of nitrogens with zero attached hydrogens (tertiary/aromatic N) is 1. The third-order valence-corrected chi connectivity index (χ3v) is 4.93. The van der Waals surface area contributed by atoms with E-state index in [4.69, 9.17) is 22.1 Å². The highest BCUT2D eigenvalue weighted by atomic mass is 35.5. The van der Waals surface area contributed by atoms with E-state index >= 15 is 0 Å². The van der Waals surface area contributed by atoms with E-state index in [1.54, 1.807) is 36.4 Å². The van der Waals surface area contributed by atoms with Crippen LogP contribution >= 0.6 is 11.6 Å². The first-order valence-electron chi connectivity index (χ1n) is 8.53. The lowest BCUT2D eigenvalue weighted by molar-refractivity contribution is 0.102. The number of nitrogen functional groups attached to an aromatic ring is 1. The Morgan fingerprint density at radius 3 is 2.76 bits per heavy atom. The molecule has 2 atom stereocenters. The Morgan fingerprint density at radius 1 is 1.24 bits per heavy atom. The van der Waals surface area contributed by atoms with Crippen molar-refractivity contribution in [1.82, 2.24) is 4.98 Å². The first kappa shape index (κ1) is 20.8. The first-order chi connectivity index (χ1) is 13.8. The number of anilines is 2. The Bertz CT molecular complexity index is 1080. The number of rotatable bonds is 6. The molecule has 0 fully saturated rings. The smallest absolute Gasteiger partial charge is 0.255 e. The van der Waals surface area contributed by atoms with E-state index in [0.29, 0.717) is 16.5 Å². The van der Waals surface area contributed by atoms with Crippen molar-refractivity contribution in [1.29, 1.82) is 0 Å². The number of amides is 1. The van der Waals surface area contributed by atoms with E-state index in [2.05, 4.69) is 10.3 Å². The van der Waals surface area contributed by atoms with Crippen LogP contribution in [0, 0.1) is 0 Å². The molecule has 0 spiro atoms. The van der Waals surface area contributed by atoms with Gasteiger partial charge in [0, 0.05) is 23.5 Å². The zero-order valence-electron chi connectivity index (χ0n) is 15.3. The molecule has 1 aromatic heterocycles. The van der Waals surface area contributed by atoms with Gasteiger partial charge in [-0.15, -0.1) is 0 Å². The summed E-state index contributed by atoms with van der Waals surface area (Å²) in [5, 5.41) is 3.18.